The molecule has 1 aliphatic heterocycles. The summed E-state index contributed by atoms with van der Waals surface area (Å²) in [6.45, 7) is 1.13. The summed E-state index contributed by atoms with van der Waals surface area (Å²) in [6.07, 6.45) is 0.499. The summed E-state index contributed by atoms with van der Waals surface area (Å²) in [5, 5.41) is 0.181. The number of hydrogen-bond donors (Lipinski definition) is 0. The van der Waals surface area contributed by atoms with Gasteiger partial charge in [-0.15, -0.1) is 0 Å². The van der Waals surface area contributed by atoms with Crippen LogP contribution in [0.5, 0.6) is 11.5 Å². The molecule has 0 saturated carbocycles. The third kappa shape index (κ3) is 2.88. The molecular formula is C12H9Cl2N3O2. The quantitative estimate of drug-likeness (QED) is 0.852. The Morgan fingerprint density at radius 2 is 1.63 bits per heavy atom. The maximum absolute atomic E-state index is 5.74. The van der Waals surface area contributed by atoms with Crippen LogP contribution < -0.4 is 9.47 Å². The molecule has 0 unspecified atom stereocenters. The van der Waals surface area contributed by atoms with Gasteiger partial charge in [0.2, 0.25) is 10.6 Å². The van der Waals surface area contributed by atoms with Gasteiger partial charge >= 0.3 is 0 Å². The molecule has 5 nitrogen and oxygen atoms in total. The average molecular weight is 298 g/mol. The summed E-state index contributed by atoms with van der Waals surface area (Å²) < 4.78 is 11.0. The molecule has 0 aliphatic carbocycles. The zero-order valence-corrected chi connectivity index (χ0v) is 11.3. The first kappa shape index (κ1) is 12.4. The Hall–Kier alpha value is -1.59. The van der Waals surface area contributed by atoms with E-state index in [0.29, 0.717) is 25.5 Å². The molecule has 0 saturated heterocycles. The van der Waals surface area contributed by atoms with E-state index in [1.807, 2.05) is 18.2 Å². The molecule has 3 rings (SSSR count). The third-order valence-electron chi connectivity index (χ3n) is 2.60. The Labute approximate surface area is 119 Å². The number of ether oxygens (including phenoxy) is 2. The molecule has 2 aromatic rings. The van der Waals surface area contributed by atoms with Gasteiger partial charge in [-0.25, -0.2) is 9.97 Å². The summed E-state index contributed by atoms with van der Waals surface area (Å²) in [7, 11) is 0. The molecule has 2 heterocycles. The van der Waals surface area contributed by atoms with Crippen LogP contribution in [0.25, 0.3) is 0 Å². The van der Waals surface area contributed by atoms with Gasteiger partial charge in [0, 0.05) is 6.42 Å². The van der Waals surface area contributed by atoms with Crippen molar-refractivity contribution in [2.24, 2.45) is 0 Å². The highest BCUT2D eigenvalue weighted by Crippen LogP contribution is 2.31. The van der Waals surface area contributed by atoms with Gasteiger partial charge in [0.25, 0.3) is 0 Å². The molecule has 1 aromatic carbocycles. The molecule has 1 aliphatic rings. The van der Waals surface area contributed by atoms with Crippen LogP contribution in [0.4, 0.5) is 0 Å². The lowest BCUT2D eigenvalue weighted by atomic mass is 10.1. The van der Waals surface area contributed by atoms with Gasteiger partial charge in [-0.3, -0.25) is 0 Å². The Morgan fingerprint density at radius 1 is 0.947 bits per heavy atom. The van der Waals surface area contributed by atoms with Crippen molar-refractivity contribution in [3.63, 3.8) is 0 Å². The maximum Gasteiger partial charge on any atom is 0.226 e. The first-order chi connectivity index (χ1) is 9.20. The number of aromatic nitrogens is 3. The molecule has 0 N–H and O–H groups in total. The predicted octanol–water partition coefficient (Wildman–Crippen LogP) is 2.54. The van der Waals surface area contributed by atoms with Crippen LogP contribution in [-0.4, -0.2) is 28.2 Å². The zero-order chi connectivity index (χ0) is 13.2. The lowest BCUT2D eigenvalue weighted by Crippen LogP contribution is -2.15. The van der Waals surface area contributed by atoms with Gasteiger partial charge in [-0.05, 0) is 40.9 Å². The molecule has 0 atom stereocenters. The highest BCUT2D eigenvalue weighted by molar-refractivity contribution is 6.30. The number of nitrogens with zero attached hydrogens (tertiary/aromatic N) is 3. The molecule has 7 heteroatoms. The Kier molecular flexibility index (Phi) is 3.40. The summed E-state index contributed by atoms with van der Waals surface area (Å²) in [5.74, 6) is 2.00. The Balaban J connectivity index is 1.86. The van der Waals surface area contributed by atoms with E-state index in [1.165, 1.54) is 0 Å². The fourth-order valence-corrected chi connectivity index (χ4v) is 2.22. The monoisotopic (exact) mass is 297 g/mol. The standard InChI is InChI=1S/C12H9Cl2N3O2/c13-11-15-10(16-12(14)17-11)6-7-1-2-8-9(5-7)19-4-3-18-8/h1-2,5H,3-4,6H2. The van der Waals surface area contributed by atoms with E-state index in [4.69, 9.17) is 32.7 Å². The molecule has 1 aromatic heterocycles. The minimum absolute atomic E-state index is 0.0903. The van der Waals surface area contributed by atoms with E-state index in [2.05, 4.69) is 15.0 Å². The van der Waals surface area contributed by atoms with Crippen molar-refractivity contribution in [2.45, 2.75) is 6.42 Å². The maximum atomic E-state index is 5.74. The minimum atomic E-state index is 0.0903. The van der Waals surface area contributed by atoms with Crippen LogP contribution in [-0.2, 0) is 6.42 Å². The summed E-state index contributed by atoms with van der Waals surface area (Å²) >= 11 is 11.5. The molecule has 0 bridgehead atoms. The van der Waals surface area contributed by atoms with E-state index in [-0.39, 0.29) is 10.6 Å². The second-order valence-electron chi connectivity index (χ2n) is 3.94. The van der Waals surface area contributed by atoms with Crippen LogP contribution in [0.3, 0.4) is 0 Å². The van der Waals surface area contributed by atoms with Crippen molar-refractivity contribution in [1.82, 2.24) is 15.0 Å². The van der Waals surface area contributed by atoms with Gasteiger partial charge in [-0.2, -0.15) is 4.98 Å². The van der Waals surface area contributed by atoms with E-state index in [1.54, 1.807) is 0 Å². The summed E-state index contributed by atoms with van der Waals surface area (Å²) in [6, 6.07) is 5.70. The molecule has 0 amide bonds. The van der Waals surface area contributed by atoms with Gasteiger partial charge in [0.1, 0.15) is 19.0 Å². The molecule has 0 spiro atoms. The second kappa shape index (κ2) is 5.19. The van der Waals surface area contributed by atoms with Crippen molar-refractivity contribution in [1.29, 1.82) is 0 Å². The number of hydrogen-bond acceptors (Lipinski definition) is 5. The Bertz CT molecular complexity index is 602. The predicted molar refractivity (Wildman–Crippen MR) is 70.1 cm³/mol. The first-order valence-corrected chi connectivity index (χ1v) is 6.41. The minimum Gasteiger partial charge on any atom is -0.486 e. The van der Waals surface area contributed by atoms with E-state index >= 15 is 0 Å². The number of benzene rings is 1. The third-order valence-corrected chi connectivity index (χ3v) is 2.93. The largest absolute Gasteiger partial charge is 0.486 e. The fourth-order valence-electron chi connectivity index (χ4n) is 1.82. The number of halogens is 2. The number of rotatable bonds is 2. The van der Waals surface area contributed by atoms with Gasteiger partial charge in [0.05, 0.1) is 0 Å². The van der Waals surface area contributed by atoms with Crippen LogP contribution in [0, 0.1) is 0 Å². The normalized spacial score (nSPS) is 13.4. The molecule has 98 valence electrons. The van der Waals surface area contributed by atoms with E-state index < -0.39 is 0 Å². The van der Waals surface area contributed by atoms with E-state index in [0.717, 1.165) is 17.1 Å². The van der Waals surface area contributed by atoms with Crippen molar-refractivity contribution in [3.05, 3.63) is 40.2 Å². The molecule has 19 heavy (non-hydrogen) atoms. The molecule has 0 fully saturated rings. The fraction of sp³-hybridized carbons (Fsp3) is 0.250. The lowest BCUT2D eigenvalue weighted by molar-refractivity contribution is 0.171. The molecular weight excluding hydrogens is 289 g/mol. The summed E-state index contributed by atoms with van der Waals surface area (Å²) in [5.41, 5.74) is 0.989. The van der Waals surface area contributed by atoms with Crippen LogP contribution in [0.15, 0.2) is 18.2 Å². The van der Waals surface area contributed by atoms with Crippen LogP contribution in [0.2, 0.25) is 10.6 Å². The Morgan fingerprint density at radius 3 is 2.37 bits per heavy atom. The van der Waals surface area contributed by atoms with Gasteiger partial charge in [0.15, 0.2) is 11.5 Å². The topological polar surface area (TPSA) is 57.1 Å². The van der Waals surface area contributed by atoms with Crippen molar-refractivity contribution in [2.75, 3.05) is 13.2 Å². The smallest absolute Gasteiger partial charge is 0.226 e. The second-order valence-corrected chi connectivity index (χ2v) is 4.62. The average Bonchev–Trinajstić information content (AvgIpc) is 2.37. The van der Waals surface area contributed by atoms with Crippen LogP contribution in [0.1, 0.15) is 11.4 Å². The number of fused-ring (bicyclic) bond motifs is 1. The summed E-state index contributed by atoms with van der Waals surface area (Å²) in [4.78, 5) is 11.8. The van der Waals surface area contributed by atoms with E-state index in [9.17, 15) is 0 Å². The van der Waals surface area contributed by atoms with Crippen molar-refractivity contribution in [3.8, 4) is 11.5 Å². The van der Waals surface area contributed by atoms with Crippen LogP contribution >= 0.6 is 23.2 Å². The lowest BCUT2D eigenvalue weighted by Gasteiger charge is -2.18. The van der Waals surface area contributed by atoms with Gasteiger partial charge in [-0.1, -0.05) is 6.07 Å². The highest BCUT2D eigenvalue weighted by Gasteiger charge is 2.12. The highest BCUT2D eigenvalue weighted by atomic mass is 35.5. The van der Waals surface area contributed by atoms with Crippen molar-refractivity contribution < 1.29 is 9.47 Å². The van der Waals surface area contributed by atoms with Crippen molar-refractivity contribution >= 4 is 23.2 Å². The zero-order valence-electron chi connectivity index (χ0n) is 9.77. The van der Waals surface area contributed by atoms with Gasteiger partial charge < -0.3 is 9.47 Å². The molecule has 0 radical (unpaired) electrons. The first-order valence-electron chi connectivity index (χ1n) is 5.65. The SMILES string of the molecule is Clc1nc(Cl)nc(Cc2ccc3c(c2)OCCO3)n1.